The van der Waals surface area contributed by atoms with Gasteiger partial charge in [-0.3, -0.25) is 14.3 Å². The Hall–Kier alpha value is -2.17. The number of hydrogen-bond donors (Lipinski definition) is 5. The van der Waals surface area contributed by atoms with Gasteiger partial charge < -0.3 is 26.0 Å². The lowest BCUT2D eigenvalue weighted by Crippen LogP contribution is -2.24. The number of anilines is 2. The molecule has 2 aromatic heterocycles. The lowest BCUT2D eigenvalue weighted by molar-refractivity contribution is -0.0482. The van der Waals surface area contributed by atoms with Crippen molar-refractivity contribution in [2.45, 2.75) is 12.8 Å². The first-order valence-electron chi connectivity index (χ1n) is 5.87. The molecular weight excluding hydrogens is 268 g/mol. The molecule has 2 aromatic rings. The number of aliphatic hydroxyl groups excluding tert-OH is 2. The van der Waals surface area contributed by atoms with Gasteiger partial charge >= 0.3 is 0 Å². The third kappa shape index (κ3) is 2.57. The maximum Gasteiger partial charge on any atom is 0.280 e. The van der Waals surface area contributed by atoms with Crippen LogP contribution in [0.1, 0.15) is 0 Å². The zero-order valence-corrected chi connectivity index (χ0v) is 10.8. The fourth-order valence-electron chi connectivity index (χ4n) is 1.68. The quantitative estimate of drug-likeness (QED) is 0.411. The summed E-state index contributed by atoms with van der Waals surface area (Å²) < 4.78 is 6.79. The van der Waals surface area contributed by atoms with E-state index in [9.17, 15) is 4.79 Å². The smallest absolute Gasteiger partial charge is 0.280 e. The summed E-state index contributed by atoms with van der Waals surface area (Å²) in [5, 5.41) is 20.7. The van der Waals surface area contributed by atoms with Crippen molar-refractivity contribution >= 4 is 23.1 Å². The normalized spacial score (nSPS) is 11.4. The predicted octanol–water partition coefficient (Wildman–Crippen LogP) is -1.93. The zero-order valence-electron chi connectivity index (χ0n) is 10.8. The van der Waals surface area contributed by atoms with Crippen molar-refractivity contribution in [1.82, 2.24) is 19.5 Å². The van der Waals surface area contributed by atoms with Crippen LogP contribution in [0.25, 0.3) is 11.2 Å². The monoisotopic (exact) mass is 284 g/mol. The number of aromatic nitrogens is 4. The van der Waals surface area contributed by atoms with Crippen LogP contribution >= 0.6 is 0 Å². The molecule has 0 bridgehead atoms. The van der Waals surface area contributed by atoms with Gasteiger partial charge in [0.1, 0.15) is 12.8 Å². The van der Waals surface area contributed by atoms with Crippen LogP contribution in [0.3, 0.4) is 0 Å². The van der Waals surface area contributed by atoms with Crippen molar-refractivity contribution < 1.29 is 14.9 Å². The Kier molecular flexibility index (Phi) is 4.17. The maximum absolute atomic E-state index is 11.7. The van der Waals surface area contributed by atoms with Crippen LogP contribution in [0.4, 0.5) is 11.9 Å². The number of H-pyrrole nitrogens is 1. The van der Waals surface area contributed by atoms with E-state index in [2.05, 4.69) is 20.3 Å². The molecule has 0 aromatic carbocycles. The van der Waals surface area contributed by atoms with Crippen LogP contribution in [-0.2, 0) is 11.5 Å². The van der Waals surface area contributed by atoms with Crippen molar-refractivity contribution in [3.8, 4) is 0 Å². The van der Waals surface area contributed by atoms with Crippen molar-refractivity contribution in [3.63, 3.8) is 0 Å². The van der Waals surface area contributed by atoms with Gasteiger partial charge in [0.15, 0.2) is 11.2 Å². The second kappa shape index (κ2) is 5.86. The number of nitrogen functional groups attached to an aromatic ring is 1. The van der Waals surface area contributed by atoms with Gasteiger partial charge in [0.2, 0.25) is 11.9 Å². The highest BCUT2D eigenvalue weighted by atomic mass is 16.5. The molecule has 0 fully saturated rings. The number of aliphatic hydroxyl groups is 2. The van der Waals surface area contributed by atoms with E-state index in [0.717, 1.165) is 0 Å². The van der Waals surface area contributed by atoms with Gasteiger partial charge in [-0.25, -0.2) is 4.98 Å². The molecular formula is C10H16N6O4. The molecule has 0 spiro atoms. The zero-order chi connectivity index (χ0) is 14.7. The average Bonchev–Trinajstić information content (AvgIpc) is 2.78. The van der Waals surface area contributed by atoms with Gasteiger partial charge in [-0.2, -0.15) is 4.98 Å². The highest BCUT2D eigenvalue weighted by Gasteiger charge is 2.16. The summed E-state index contributed by atoms with van der Waals surface area (Å²) in [6, 6.07) is 0. The van der Waals surface area contributed by atoms with E-state index in [1.54, 1.807) is 7.05 Å². The van der Waals surface area contributed by atoms with E-state index in [1.165, 1.54) is 4.57 Å². The predicted molar refractivity (Wildman–Crippen MR) is 71.2 cm³/mol. The highest BCUT2D eigenvalue weighted by molar-refractivity contribution is 5.74. The van der Waals surface area contributed by atoms with Crippen molar-refractivity contribution in [1.29, 1.82) is 0 Å². The minimum atomic E-state index is -0.725. The fourth-order valence-corrected chi connectivity index (χ4v) is 1.68. The van der Waals surface area contributed by atoms with Gasteiger partial charge in [-0.1, -0.05) is 0 Å². The number of aromatic amines is 1. The van der Waals surface area contributed by atoms with Crippen LogP contribution in [0, 0.1) is 0 Å². The maximum atomic E-state index is 11.7. The number of fused-ring (bicyclic) bond motifs is 1. The van der Waals surface area contributed by atoms with E-state index in [-0.39, 0.29) is 37.1 Å². The number of nitrogens with two attached hydrogens (primary N) is 1. The molecule has 0 aliphatic rings. The van der Waals surface area contributed by atoms with E-state index in [0.29, 0.717) is 5.95 Å². The Morgan fingerprint density at radius 3 is 2.75 bits per heavy atom. The second-order valence-electron chi connectivity index (χ2n) is 4.02. The first-order valence-corrected chi connectivity index (χ1v) is 5.87. The minimum Gasteiger partial charge on any atom is -0.394 e. The van der Waals surface area contributed by atoms with Crippen molar-refractivity contribution in [3.05, 3.63) is 10.4 Å². The van der Waals surface area contributed by atoms with Gasteiger partial charge in [-0.05, 0) is 0 Å². The Bertz CT molecular complexity index is 647. The topological polar surface area (TPSA) is 151 Å². The minimum absolute atomic E-state index is 0.0350. The highest BCUT2D eigenvalue weighted by Crippen LogP contribution is 2.15. The molecule has 2 rings (SSSR count). The second-order valence-corrected chi connectivity index (χ2v) is 4.02. The Balaban J connectivity index is 2.42. The molecule has 20 heavy (non-hydrogen) atoms. The summed E-state index contributed by atoms with van der Waals surface area (Å²) in [5.74, 6) is 0.324. The summed E-state index contributed by atoms with van der Waals surface area (Å²) in [6.07, 6.45) is -0.725. The van der Waals surface area contributed by atoms with E-state index < -0.39 is 11.7 Å². The first-order chi connectivity index (χ1) is 9.60. The number of hydrogen-bond acceptors (Lipinski definition) is 8. The molecule has 0 saturated heterocycles. The van der Waals surface area contributed by atoms with Crippen LogP contribution in [0.5, 0.6) is 0 Å². The molecule has 2 heterocycles. The standard InChI is InChI=1S/C10H16N6O4/c1-12-10-13-6-7(14-9(11)15-8(6)19)16(10)4-20-5(2-17)3-18/h5,17-18H,2-4H2,1H3,(H,12,13)(H3,11,14,15,19). The van der Waals surface area contributed by atoms with Crippen LogP contribution in [-0.4, -0.2) is 56.1 Å². The van der Waals surface area contributed by atoms with E-state index in [1.807, 2.05) is 0 Å². The molecule has 110 valence electrons. The molecule has 0 amide bonds. The first kappa shape index (κ1) is 14.2. The largest absolute Gasteiger partial charge is 0.394 e. The molecule has 0 aliphatic heterocycles. The molecule has 10 nitrogen and oxygen atoms in total. The van der Waals surface area contributed by atoms with Crippen molar-refractivity contribution in [2.75, 3.05) is 31.3 Å². The van der Waals surface area contributed by atoms with E-state index in [4.69, 9.17) is 20.7 Å². The van der Waals surface area contributed by atoms with Gasteiger partial charge in [0.05, 0.1) is 13.2 Å². The SMILES string of the molecule is CNc1nc2c(=O)[nH]c(N)nc2n1COC(CO)CO. The molecule has 0 saturated carbocycles. The van der Waals surface area contributed by atoms with Crippen LogP contribution in [0.15, 0.2) is 4.79 Å². The van der Waals surface area contributed by atoms with Crippen molar-refractivity contribution in [2.24, 2.45) is 0 Å². The summed E-state index contributed by atoms with van der Waals surface area (Å²) in [6.45, 7) is -0.698. The molecule has 6 N–H and O–H groups in total. The Morgan fingerprint density at radius 1 is 1.45 bits per heavy atom. The summed E-state index contributed by atoms with van der Waals surface area (Å²) in [5.41, 5.74) is 5.43. The lowest BCUT2D eigenvalue weighted by atomic mass is 10.4. The van der Waals surface area contributed by atoms with Crippen LogP contribution < -0.4 is 16.6 Å². The third-order valence-electron chi connectivity index (χ3n) is 2.69. The summed E-state index contributed by atoms with van der Waals surface area (Å²) in [4.78, 5) is 22.2. The molecule has 0 radical (unpaired) electrons. The summed E-state index contributed by atoms with van der Waals surface area (Å²) in [7, 11) is 1.63. The number of rotatable bonds is 6. The van der Waals surface area contributed by atoms with Gasteiger partial charge in [0, 0.05) is 7.05 Å². The number of nitrogens with one attached hydrogen (secondary N) is 2. The average molecular weight is 284 g/mol. The summed E-state index contributed by atoms with van der Waals surface area (Å²) >= 11 is 0. The molecule has 0 atom stereocenters. The number of ether oxygens (including phenoxy) is 1. The molecule has 0 aliphatic carbocycles. The molecule has 0 unspecified atom stereocenters. The van der Waals surface area contributed by atoms with Crippen LogP contribution in [0.2, 0.25) is 0 Å². The number of imidazole rings is 1. The number of nitrogens with zero attached hydrogens (tertiary/aromatic N) is 3. The van der Waals surface area contributed by atoms with Gasteiger partial charge in [0.25, 0.3) is 5.56 Å². The van der Waals surface area contributed by atoms with Gasteiger partial charge in [-0.15, -0.1) is 0 Å². The third-order valence-corrected chi connectivity index (χ3v) is 2.69. The Labute approximate surface area is 113 Å². The molecule has 10 heteroatoms. The fraction of sp³-hybridized carbons (Fsp3) is 0.500. The Morgan fingerprint density at radius 2 is 2.15 bits per heavy atom. The van der Waals surface area contributed by atoms with E-state index >= 15 is 0 Å². The lowest BCUT2D eigenvalue weighted by Gasteiger charge is -2.14.